The highest BCUT2D eigenvalue weighted by atomic mass is 32.2. The van der Waals surface area contributed by atoms with Crippen molar-refractivity contribution >= 4 is 11.8 Å². The number of thioether (sulfide) groups is 1. The minimum Gasteiger partial charge on any atom is -0.345 e. The summed E-state index contributed by atoms with van der Waals surface area (Å²) in [5.74, 6) is 0. The lowest BCUT2D eigenvalue weighted by atomic mass is 10.0. The Labute approximate surface area is 123 Å². The SMILES string of the molecule is CSc1ccc(-c2[nH]c(C#N)c(C(F)(F)F)c2C#N)cc1. The van der Waals surface area contributed by atoms with Crippen molar-refractivity contribution in [2.45, 2.75) is 11.1 Å². The van der Waals surface area contributed by atoms with Crippen LogP contribution in [0.3, 0.4) is 0 Å². The summed E-state index contributed by atoms with van der Waals surface area (Å²) in [6.45, 7) is 0. The molecule has 0 amide bonds. The summed E-state index contributed by atoms with van der Waals surface area (Å²) in [5.41, 5.74) is -1.99. The van der Waals surface area contributed by atoms with Gasteiger partial charge in [-0.15, -0.1) is 11.8 Å². The van der Waals surface area contributed by atoms with Gasteiger partial charge in [0.1, 0.15) is 23.4 Å². The molecule has 2 rings (SSSR count). The Hall–Kier alpha value is -2.38. The van der Waals surface area contributed by atoms with Crippen LogP contribution in [-0.2, 0) is 6.18 Å². The second-order valence-electron chi connectivity index (χ2n) is 4.07. The van der Waals surface area contributed by atoms with Crippen LogP contribution in [0.15, 0.2) is 29.2 Å². The first-order valence-corrected chi connectivity index (χ1v) is 6.92. The van der Waals surface area contributed by atoms with E-state index in [1.165, 1.54) is 17.8 Å². The van der Waals surface area contributed by atoms with Gasteiger partial charge in [-0.3, -0.25) is 0 Å². The molecule has 0 saturated carbocycles. The minimum absolute atomic E-state index is 0.00836. The molecule has 3 nitrogen and oxygen atoms in total. The summed E-state index contributed by atoms with van der Waals surface area (Å²) in [5, 5.41) is 17.9. The Morgan fingerprint density at radius 3 is 2.14 bits per heavy atom. The number of aromatic nitrogens is 1. The van der Waals surface area contributed by atoms with E-state index in [0.29, 0.717) is 5.56 Å². The van der Waals surface area contributed by atoms with Gasteiger partial charge < -0.3 is 4.98 Å². The summed E-state index contributed by atoms with van der Waals surface area (Å²) in [6, 6.07) is 9.70. The van der Waals surface area contributed by atoms with E-state index in [1.54, 1.807) is 30.3 Å². The smallest absolute Gasteiger partial charge is 0.345 e. The van der Waals surface area contributed by atoms with Crippen molar-refractivity contribution < 1.29 is 13.2 Å². The second-order valence-corrected chi connectivity index (χ2v) is 4.95. The molecule has 1 heterocycles. The van der Waals surface area contributed by atoms with Crippen LogP contribution >= 0.6 is 11.8 Å². The molecule has 0 spiro atoms. The molecule has 0 atom stereocenters. The number of nitrogens with one attached hydrogen (secondary N) is 1. The van der Waals surface area contributed by atoms with Crippen LogP contribution in [-0.4, -0.2) is 11.2 Å². The van der Waals surface area contributed by atoms with Crippen LogP contribution < -0.4 is 0 Å². The Balaban J connectivity index is 2.68. The zero-order valence-corrected chi connectivity index (χ0v) is 11.6. The van der Waals surface area contributed by atoms with Gasteiger partial charge >= 0.3 is 6.18 Å². The predicted molar refractivity (Wildman–Crippen MR) is 72.4 cm³/mol. The first-order valence-electron chi connectivity index (χ1n) is 5.70. The van der Waals surface area contributed by atoms with E-state index in [1.807, 2.05) is 6.26 Å². The minimum atomic E-state index is -4.76. The van der Waals surface area contributed by atoms with Crippen LogP contribution in [0.4, 0.5) is 13.2 Å². The van der Waals surface area contributed by atoms with Gasteiger partial charge in [0.2, 0.25) is 0 Å². The van der Waals surface area contributed by atoms with E-state index >= 15 is 0 Å². The molecule has 7 heteroatoms. The second kappa shape index (κ2) is 5.55. The van der Waals surface area contributed by atoms with Gasteiger partial charge in [-0.25, -0.2) is 0 Å². The van der Waals surface area contributed by atoms with Crippen molar-refractivity contribution in [3.63, 3.8) is 0 Å². The Morgan fingerprint density at radius 1 is 1.10 bits per heavy atom. The molecule has 0 aliphatic rings. The fourth-order valence-electron chi connectivity index (χ4n) is 1.95. The highest BCUT2D eigenvalue weighted by molar-refractivity contribution is 7.98. The summed E-state index contributed by atoms with van der Waals surface area (Å²) < 4.78 is 39.0. The molecule has 106 valence electrons. The van der Waals surface area contributed by atoms with Gasteiger partial charge in [-0.05, 0) is 24.0 Å². The van der Waals surface area contributed by atoms with Crippen LogP contribution in [0, 0.1) is 22.7 Å². The molecule has 1 N–H and O–H groups in total. The zero-order valence-electron chi connectivity index (χ0n) is 10.7. The molecule has 0 fully saturated rings. The van der Waals surface area contributed by atoms with Gasteiger partial charge in [0.05, 0.1) is 11.3 Å². The Kier molecular flexibility index (Phi) is 3.97. The van der Waals surface area contributed by atoms with Gasteiger partial charge in [-0.2, -0.15) is 23.7 Å². The lowest BCUT2D eigenvalue weighted by Gasteiger charge is -2.05. The predicted octanol–water partition coefficient (Wildman–Crippen LogP) is 4.17. The average molecular weight is 307 g/mol. The summed E-state index contributed by atoms with van der Waals surface area (Å²) in [4.78, 5) is 3.35. The number of aromatic amines is 1. The van der Waals surface area contributed by atoms with Crippen molar-refractivity contribution in [2.75, 3.05) is 6.26 Å². The first-order chi connectivity index (χ1) is 9.92. The molecular formula is C14H8F3N3S. The zero-order chi connectivity index (χ0) is 15.6. The van der Waals surface area contributed by atoms with E-state index in [2.05, 4.69) is 4.98 Å². The maximum atomic E-state index is 13.0. The van der Waals surface area contributed by atoms with Crippen molar-refractivity contribution in [1.29, 1.82) is 10.5 Å². The van der Waals surface area contributed by atoms with Crippen LogP contribution in [0.2, 0.25) is 0 Å². The third-order valence-electron chi connectivity index (χ3n) is 2.89. The number of hydrogen-bond acceptors (Lipinski definition) is 3. The number of halogens is 3. The van der Waals surface area contributed by atoms with Crippen LogP contribution in [0.5, 0.6) is 0 Å². The number of alkyl halides is 3. The number of hydrogen-bond donors (Lipinski definition) is 1. The van der Waals surface area contributed by atoms with E-state index in [4.69, 9.17) is 10.5 Å². The highest BCUT2D eigenvalue weighted by Gasteiger charge is 2.39. The normalized spacial score (nSPS) is 11.0. The van der Waals surface area contributed by atoms with Crippen molar-refractivity contribution in [3.8, 4) is 23.4 Å². The number of rotatable bonds is 2. The maximum Gasteiger partial charge on any atom is 0.420 e. The standard InChI is InChI=1S/C14H8F3N3S/c1-21-9-4-2-8(3-5-9)13-10(6-18)12(14(15,16)17)11(7-19)20-13/h2-5,20H,1H3. The van der Waals surface area contributed by atoms with Gasteiger partial charge in [0, 0.05) is 4.90 Å². The summed E-state index contributed by atoms with van der Waals surface area (Å²) >= 11 is 1.49. The Bertz CT molecular complexity index is 746. The highest BCUT2D eigenvalue weighted by Crippen LogP contribution is 2.39. The molecule has 2 aromatic rings. The van der Waals surface area contributed by atoms with Gasteiger partial charge in [0.15, 0.2) is 0 Å². The quantitative estimate of drug-likeness (QED) is 0.847. The molecule has 0 aliphatic carbocycles. The lowest BCUT2D eigenvalue weighted by molar-refractivity contribution is -0.137. The molecule has 0 aliphatic heterocycles. The van der Waals surface area contributed by atoms with Crippen molar-refractivity contribution in [2.24, 2.45) is 0 Å². The largest absolute Gasteiger partial charge is 0.420 e. The summed E-state index contributed by atoms with van der Waals surface area (Å²) in [7, 11) is 0. The maximum absolute atomic E-state index is 13.0. The van der Waals surface area contributed by atoms with E-state index in [-0.39, 0.29) is 5.69 Å². The van der Waals surface area contributed by atoms with E-state index in [9.17, 15) is 13.2 Å². The van der Waals surface area contributed by atoms with E-state index in [0.717, 1.165) is 4.90 Å². The molecule has 0 unspecified atom stereocenters. The molecule has 0 radical (unpaired) electrons. The van der Waals surface area contributed by atoms with Gasteiger partial charge in [0.25, 0.3) is 0 Å². The lowest BCUT2D eigenvalue weighted by Crippen LogP contribution is -2.08. The average Bonchev–Trinajstić information content (AvgIpc) is 2.86. The van der Waals surface area contributed by atoms with Crippen LogP contribution in [0.25, 0.3) is 11.3 Å². The topological polar surface area (TPSA) is 63.4 Å². The monoisotopic (exact) mass is 307 g/mol. The Morgan fingerprint density at radius 2 is 1.71 bits per heavy atom. The fourth-order valence-corrected chi connectivity index (χ4v) is 2.36. The number of nitriles is 2. The number of H-pyrrole nitrogens is 1. The first kappa shape index (κ1) is 15.0. The fraction of sp³-hybridized carbons (Fsp3) is 0.143. The van der Waals surface area contributed by atoms with Crippen LogP contribution in [0.1, 0.15) is 16.8 Å². The van der Waals surface area contributed by atoms with Crippen molar-refractivity contribution in [3.05, 3.63) is 41.1 Å². The molecule has 0 bridgehead atoms. The molecule has 1 aromatic carbocycles. The molecule has 0 saturated heterocycles. The third-order valence-corrected chi connectivity index (χ3v) is 3.63. The third kappa shape index (κ3) is 2.74. The molecular weight excluding hydrogens is 299 g/mol. The molecule has 21 heavy (non-hydrogen) atoms. The van der Waals surface area contributed by atoms with Crippen molar-refractivity contribution in [1.82, 2.24) is 4.98 Å². The van der Waals surface area contributed by atoms with Gasteiger partial charge in [-0.1, -0.05) is 12.1 Å². The number of nitrogens with zero attached hydrogens (tertiary/aromatic N) is 2. The number of benzene rings is 1. The molecule has 1 aromatic heterocycles. The summed E-state index contributed by atoms with van der Waals surface area (Å²) in [6.07, 6.45) is -2.88. The van der Waals surface area contributed by atoms with E-state index < -0.39 is 23.0 Å².